The van der Waals surface area contributed by atoms with E-state index in [0.29, 0.717) is 12.3 Å². The van der Waals surface area contributed by atoms with Crippen molar-refractivity contribution >= 4 is 24.0 Å². The maximum atomic E-state index is 12.3. The van der Waals surface area contributed by atoms with Crippen LogP contribution >= 0.6 is 24.0 Å². The highest BCUT2D eigenvalue weighted by molar-refractivity contribution is 6.31. The van der Waals surface area contributed by atoms with Gasteiger partial charge in [-0.2, -0.15) is 18.4 Å². The van der Waals surface area contributed by atoms with Crippen LogP contribution in [0.25, 0.3) is 0 Å². The average molecular weight is 286 g/mol. The number of nitrogens with zero attached hydrogens (tertiary/aromatic N) is 2. The first kappa shape index (κ1) is 16.0. The molecule has 94 valence electrons. The lowest BCUT2D eigenvalue weighted by atomic mass is 10.0. The molecular weight excluding hydrogens is 278 g/mol. The van der Waals surface area contributed by atoms with Crippen molar-refractivity contribution in [1.29, 1.82) is 5.26 Å². The summed E-state index contributed by atoms with van der Waals surface area (Å²) in [4.78, 5) is 3.49. The first-order valence-electron chi connectivity index (χ1n) is 4.12. The standard InChI is InChI=1S/C9H7ClF3N3.ClH/c1-8(15,4-14)7-6(10)2-5(3-16-7)9(11,12)13;/h2-3H,15H2,1H3;1H. The Morgan fingerprint density at radius 3 is 2.35 bits per heavy atom. The second kappa shape index (κ2) is 5.08. The van der Waals surface area contributed by atoms with Gasteiger partial charge in [0.15, 0.2) is 0 Å². The molecule has 8 heteroatoms. The molecule has 0 saturated carbocycles. The van der Waals surface area contributed by atoms with Crippen LogP contribution in [0.3, 0.4) is 0 Å². The van der Waals surface area contributed by atoms with Crippen LogP contribution in [0.2, 0.25) is 5.02 Å². The van der Waals surface area contributed by atoms with Gasteiger partial charge in [-0.3, -0.25) is 4.98 Å². The molecule has 0 aliphatic rings. The maximum Gasteiger partial charge on any atom is 0.417 e. The van der Waals surface area contributed by atoms with Crippen LogP contribution in [0.1, 0.15) is 18.2 Å². The number of halogens is 5. The predicted octanol–water partition coefficient (Wildman–Crippen LogP) is 2.87. The smallest absolute Gasteiger partial charge is 0.309 e. The fourth-order valence-corrected chi connectivity index (χ4v) is 1.39. The lowest BCUT2D eigenvalue weighted by molar-refractivity contribution is -0.137. The van der Waals surface area contributed by atoms with Crippen LogP contribution in [0.5, 0.6) is 0 Å². The van der Waals surface area contributed by atoms with Crippen molar-refractivity contribution < 1.29 is 13.2 Å². The molecule has 0 aromatic carbocycles. The van der Waals surface area contributed by atoms with Crippen molar-refractivity contribution in [3.63, 3.8) is 0 Å². The van der Waals surface area contributed by atoms with Crippen molar-refractivity contribution in [3.8, 4) is 6.07 Å². The second-order valence-corrected chi connectivity index (χ2v) is 3.77. The molecule has 1 heterocycles. The van der Waals surface area contributed by atoms with Crippen LogP contribution in [-0.4, -0.2) is 4.98 Å². The molecule has 0 bridgehead atoms. The number of nitriles is 1. The van der Waals surface area contributed by atoms with Crippen LogP contribution in [0.15, 0.2) is 12.3 Å². The van der Waals surface area contributed by atoms with Crippen LogP contribution in [-0.2, 0) is 11.7 Å². The summed E-state index contributed by atoms with van der Waals surface area (Å²) in [7, 11) is 0. The summed E-state index contributed by atoms with van der Waals surface area (Å²) in [6.07, 6.45) is -3.92. The SMILES string of the molecule is CC(N)(C#N)c1ncc(C(F)(F)F)cc1Cl.Cl. The summed E-state index contributed by atoms with van der Waals surface area (Å²) in [6.45, 7) is 1.31. The van der Waals surface area contributed by atoms with Gasteiger partial charge in [0, 0.05) is 6.20 Å². The van der Waals surface area contributed by atoms with Gasteiger partial charge in [0.2, 0.25) is 0 Å². The van der Waals surface area contributed by atoms with E-state index in [-0.39, 0.29) is 23.1 Å². The molecule has 1 aromatic rings. The monoisotopic (exact) mass is 285 g/mol. The molecule has 0 amide bonds. The predicted molar refractivity (Wildman–Crippen MR) is 58.6 cm³/mol. The fraction of sp³-hybridized carbons (Fsp3) is 0.333. The quantitative estimate of drug-likeness (QED) is 0.863. The molecule has 0 aliphatic heterocycles. The van der Waals surface area contributed by atoms with Crippen LogP contribution in [0.4, 0.5) is 13.2 Å². The number of aromatic nitrogens is 1. The summed E-state index contributed by atoms with van der Waals surface area (Å²) >= 11 is 5.61. The van der Waals surface area contributed by atoms with E-state index in [1.807, 2.05) is 0 Å². The Kier molecular flexibility index (Phi) is 4.78. The zero-order valence-corrected chi connectivity index (χ0v) is 10.1. The lowest BCUT2D eigenvalue weighted by Gasteiger charge is -2.17. The van der Waals surface area contributed by atoms with Crippen LogP contribution < -0.4 is 5.73 Å². The second-order valence-electron chi connectivity index (χ2n) is 3.37. The maximum absolute atomic E-state index is 12.3. The molecule has 1 rings (SSSR count). The minimum Gasteiger partial charge on any atom is -0.309 e. The van der Waals surface area contributed by atoms with Crippen molar-refractivity contribution in [2.24, 2.45) is 5.73 Å². The van der Waals surface area contributed by atoms with Crippen molar-refractivity contribution in [2.45, 2.75) is 18.6 Å². The summed E-state index contributed by atoms with van der Waals surface area (Å²) < 4.78 is 36.8. The van der Waals surface area contributed by atoms with Crippen molar-refractivity contribution in [3.05, 3.63) is 28.5 Å². The number of hydrogen-bond donors (Lipinski definition) is 1. The molecule has 0 fully saturated rings. The van der Waals surface area contributed by atoms with E-state index in [9.17, 15) is 13.2 Å². The van der Waals surface area contributed by atoms with Crippen molar-refractivity contribution in [2.75, 3.05) is 0 Å². The highest BCUT2D eigenvalue weighted by Crippen LogP contribution is 2.32. The van der Waals surface area contributed by atoms with Gasteiger partial charge in [-0.1, -0.05) is 11.6 Å². The Bertz CT molecular complexity index is 452. The largest absolute Gasteiger partial charge is 0.417 e. The van der Waals surface area contributed by atoms with Gasteiger partial charge < -0.3 is 5.73 Å². The summed E-state index contributed by atoms with van der Waals surface area (Å²) in [5.41, 5.74) is 2.94. The number of pyridine rings is 1. The van der Waals surface area contributed by atoms with Gasteiger partial charge in [-0.15, -0.1) is 12.4 Å². The first-order chi connectivity index (χ1) is 7.18. The Morgan fingerprint density at radius 1 is 1.47 bits per heavy atom. The zero-order valence-electron chi connectivity index (χ0n) is 8.55. The zero-order chi connectivity index (χ0) is 12.6. The highest BCUT2D eigenvalue weighted by atomic mass is 35.5. The number of hydrogen-bond acceptors (Lipinski definition) is 3. The van der Waals surface area contributed by atoms with E-state index in [1.165, 1.54) is 6.92 Å². The summed E-state index contributed by atoms with van der Waals surface area (Å²) in [5.74, 6) is 0. The molecule has 1 atom stereocenters. The molecule has 0 aliphatic carbocycles. The van der Waals surface area contributed by atoms with Gasteiger partial charge in [0.1, 0.15) is 5.54 Å². The molecule has 1 unspecified atom stereocenters. The van der Waals surface area contributed by atoms with Gasteiger partial charge in [-0.25, -0.2) is 0 Å². The third kappa shape index (κ3) is 3.46. The number of rotatable bonds is 1. The van der Waals surface area contributed by atoms with Gasteiger partial charge >= 0.3 is 6.18 Å². The van der Waals surface area contributed by atoms with Crippen molar-refractivity contribution in [1.82, 2.24) is 4.98 Å². The molecule has 1 aromatic heterocycles. The Hall–Kier alpha value is -1.03. The van der Waals surface area contributed by atoms with E-state index >= 15 is 0 Å². The fourth-order valence-electron chi connectivity index (χ4n) is 1.03. The molecule has 2 N–H and O–H groups in total. The minimum atomic E-state index is -4.52. The van der Waals surface area contributed by atoms with E-state index in [1.54, 1.807) is 6.07 Å². The summed E-state index contributed by atoms with van der Waals surface area (Å²) in [6, 6.07) is 2.41. The third-order valence-electron chi connectivity index (χ3n) is 1.89. The van der Waals surface area contributed by atoms with Gasteiger partial charge in [0.25, 0.3) is 0 Å². The molecule has 17 heavy (non-hydrogen) atoms. The Balaban J connectivity index is 0.00000256. The molecule has 0 saturated heterocycles. The van der Waals surface area contributed by atoms with Gasteiger partial charge in [-0.05, 0) is 13.0 Å². The molecule has 0 spiro atoms. The Labute approximate surface area is 107 Å². The minimum absolute atomic E-state index is 0. The molecule has 0 radical (unpaired) electrons. The topological polar surface area (TPSA) is 62.7 Å². The van der Waals surface area contributed by atoms with E-state index < -0.39 is 17.3 Å². The third-order valence-corrected chi connectivity index (χ3v) is 2.18. The number of nitrogens with two attached hydrogens (primary N) is 1. The molecular formula is C9H8Cl2F3N3. The highest BCUT2D eigenvalue weighted by Gasteiger charge is 2.33. The van der Waals surface area contributed by atoms with E-state index in [0.717, 1.165) is 0 Å². The lowest BCUT2D eigenvalue weighted by Crippen LogP contribution is -2.32. The average Bonchev–Trinajstić information content (AvgIpc) is 2.16. The normalized spacial score (nSPS) is 14.4. The Morgan fingerprint density at radius 2 is 2.00 bits per heavy atom. The van der Waals surface area contributed by atoms with Crippen LogP contribution in [0, 0.1) is 11.3 Å². The first-order valence-corrected chi connectivity index (χ1v) is 4.49. The van der Waals surface area contributed by atoms with E-state index in [4.69, 9.17) is 22.6 Å². The summed E-state index contributed by atoms with van der Waals surface area (Å²) in [5, 5.41) is 8.43. The van der Waals surface area contributed by atoms with E-state index in [2.05, 4.69) is 4.98 Å². The van der Waals surface area contributed by atoms with Gasteiger partial charge in [0.05, 0.1) is 22.3 Å². The molecule has 3 nitrogen and oxygen atoms in total. The number of alkyl halides is 3.